The van der Waals surface area contributed by atoms with Crippen LogP contribution in [0.5, 0.6) is 0 Å². The van der Waals surface area contributed by atoms with Crippen molar-refractivity contribution in [1.82, 2.24) is 5.32 Å². The number of ether oxygens (including phenoxy) is 2. The average Bonchev–Trinajstić information content (AvgIpc) is 2.47. The quantitative estimate of drug-likeness (QED) is 0.633. The lowest BCUT2D eigenvalue weighted by atomic mass is 9.88. The summed E-state index contributed by atoms with van der Waals surface area (Å²) in [6, 6.07) is -0.250. The molecule has 2 aliphatic rings. The number of carbonyl (C=O) groups is 1. The fraction of sp³-hybridized carbons (Fsp3) is 0.889. The van der Waals surface area contributed by atoms with Crippen molar-refractivity contribution in [2.24, 2.45) is 0 Å². The Morgan fingerprint density at radius 1 is 1.69 bits per heavy atom. The first kappa shape index (κ1) is 8.97. The Hall–Kier alpha value is -0.610. The Kier molecular flexibility index (Phi) is 2.26. The minimum Gasteiger partial charge on any atom is -0.465 e. The highest BCUT2D eigenvalue weighted by Crippen LogP contribution is 2.36. The van der Waals surface area contributed by atoms with Crippen LogP contribution in [0.3, 0.4) is 0 Å². The van der Waals surface area contributed by atoms with Crippen LogP contribution in [0.25, 0.3) is 0 Å². The summed E-state index contributed by atoms with van der Waals surface area (Å²) in [6.07, 6.45) is 3.22. The Labute approximate surface area is 77.6 Å². The molecular weight excluding hydrogens is 170 g/mol. The zero-order valence-corrected chi connectivity index (χ0v) is 7.84. The summed E-state index contributed by atoms with van der Waals surface area (Å²) in [7, 11) is 0. The molecule has 0 aromatic carbocycles. The molecule has 1 aliphatic carbocycles. The first-order valence-electron chi connectivity index (χ1n) is 4.84. The van der Waals surface area contributed by atoms with Gasteiger partial charge in [-0.05, 0) is 26.2 Å². The van der Waals surface area contributed by atoms with Gasteiger partial charge >= 0.3 is 5.97 Å². The molecule has 74 valence electrons. The number of hydrogen-bond acceptors (Lipinski definition) is 4. The topological polar surface area (TPSA) is 47.6 Å². The van der Waals surface area contributed by atoms with E-state index in [1.165, 1.54) is 6.42 Å². The molecule has 0 aromatic heterocycles. The smallest absolute Gasteiger partial charge is 0.325 e. The second-order valence-electron chi connectivity index (χ2n) is 3.61. The van der Waals surface area contributed by atoms with E-state index in [1.54, 1.807) is 0 Å². The van der Waals surface area contributed by atoms with Crippen LogP contribution >= 0.6 is 0 Å². The second kappa shape index (κ2) is 3.27. The van der Waals surface area contributed by atoms with E-state index in [0.29, 0.717) is 13.2 Å². The van der Waals surface area contributed by atoms with E-state index in [2.05, 4.69) is 5.32 Å². The van der Waals surface area contributed by atoms with E-state index in [1.807, 2.05) is 6.92 Å². The maximum Gasteiger partial charge on any atom is 0.325 e. The number of nitrogens with one attached hydrogen (secondary N) is 1. The molecule has 4 heteroatoms. The van der Waals surface area contributed by atoms with Crippen LogP contribution in [0.15, 0.2) is 0 Å². The fourth-order valence-corrected chi connectivity index (χ4v) is 1.80. The standard InChI is InChI=1S/C9H15NO3/c1-2-12-8(11)7-6-13-9(10-7)4-3-5-9/h7,10H,2-6H2,1H3. The van der Waals surface area contributed by atoms with Crippen LogP contribution < -0.4 is 5.32 Å². The molecule has 1 spiro atoms. The summed E-state index contributed by atoms with van der Waals surface area (Å²) in [5, 5.41) is 3.19. The molecule has 1 aliphatic heterocycles. The molecule has 0 aromatic rings. The molecule has 1 saturated carbocycles. The first-order valence-corrected chi connectivity index (χ1v) is 4.84. The van der Waals surface area contributed by atoms with Gasteiger partial charge in [-0.25, -0.2) is 0 Å². The van der Waals surface area contributed by atoms with Crippen LogP contribution in [0, 0.1) is 0 Å². The third-order valence-electron chi connectivity index (χ3n) is 2.70. The van der Waals surface area contributed by atoms with Crippen LogP contribution in [-0.4, -0.2) is 30.9 Å². The summed E-state index contributed by atoms with van der Waals surface area (Å²) in [5.41, 5.74) is -0.183. The van der Waals surface area contributed by atoms with Gasteiger partial charge in [0.25, 0.3) is 0 Å². The normalized spacial score (nSPS) is 30.1. The largest absolute Gasteiger partial charge is 0.465 e. The number of hydrogen-bond donors (Lipinski definition) is 1. The monoisotopic (exact) mass is 185 g/mol. The van der Waals surface area contributed by atoms with Gasteiger partial charge in [0.15, 0.2) is 0 Å². The molecule has 13 heavy (non-hydrogen) atoms. The van der Waals surface area contributed by atoms with Gasteiger partial charge in [0, 0.05) is 0 Å². The van der Waals surface area contributed by atoms with E-state index < -0.39 is 0 Å². The van der Waals surface area contributed by atoms with Crippen molar-refractivity contribution in [3.05, 3.63) is 0 Å². The van der Waals surface area contributed by atoms with Gasteiger partial charge in [-0.1, -0.05) is 0 Å². The summed E-state index contributed by atoms with van der Waals surface area (Å²) in [5.74, 6) is -0.189. The van der Waals surface area contributed by atoms with E-state index in [4.69, 9.17) is 9.47 Å². The maximum atomic E-state index is 11.3. The Bertz CT molecular complexity index is 213. The van der Waals surface area contributed by atoms with Gasteiger partial charge in [-0.2, -0.15) is 0 Å². The van der Waals surface area contributed by atoms with Crippen molar-refractivity contribution in [3.63, 3.8) is 0 Å². The Morgan fingerprint density at radius 2 is 2.46 bits per heavy atom. The van der Waals surface area contributed by atoms with Gasteiger partial charge in [0.05, 0.1) is 13.2 Å². The van der Waals surface area contributed by atoms with E-state index in [9.17, 15) is 4.79 Å². The number of carbonyl (C=O) groups excluding carboxylic acids is 1. The van der Waals surface area contributed by atoms with Crippen LogP contribution in [0.1, 0.15) is 26.2 Å². The molecular formula is C9H15NO3. The third kappa shape index (κ3) is 1.56. The predicted molar refractivity (Wildman–Crippen MR) is 46.1 cm³/mol. The summed E-state index contributed by atoms with van der Waals surface area (Å²) < 4.78 is 10.5. The molecule has 1 unspecified atom stereocenters. The molecule has 2 rings (SSSR count). The van der Waals surface area contributed by atoms with E-state index in [0.717, 1.165) is 12.8 Å². The van der Waals surface area contributed by atoms with Crippen molar-refractivity contribution < 1.29 is 14.3 Å². The van der Waals surface area contributed by atoms with E-state index in [-0.39, 0.29) is 17.7 Å². The Balaban J connectivity index is 1.87. The molecule has 2 fully saturated rings. The SMILES string of the molecule is CCOC(=O)C1COC2(CCC2)N1. The predicted octanol–water partition coefficient (Wildman–Crippen LogP) is 0.418. The van der Waals surface area contributed by atoms with Crippen molar-refractivity contribution in [3.8, 4) is 0 Å². The van der Waals surface area contributed by atoms with Gasteiger partial charge < -0.3 is 9.47 Å². The summed E-state index contributed by atoms with van der Waals surface area (Å²) >= 11 is 0. The fourth-order valence-electron chi connectivity index (χ4n) is 1.80. The minimum atomic E-state index is -0.250. The highest BCUT2D eigenvalue weighted by molar-refractivity contribution is 5.76. The van der Waals surface area contributed by atoms with Crippen LogP contribution in [0.4, 0.5) is 0 Å². The van der Waals surface area contributed by atoms with Crippen molar-refractivity contribution in [2.45, 2.75) is 38.0 Å². The lowest BCUT2D eigenvalue weighted by Crippen LogP contribution is -2.51. The van der Waals surface area contributed by atoms with E-state index >= 15 is 0 Å². The molecule has 1 atom stereocenters. The van der Waals surface area contributed by atoms with Gasteiger partial charge in [0.2, 0.25) is 0 Å². The molecule has 1 heterocycles. The summed E-state index contributed by atoms with van der Waals surface area (Å²) in [4.78, 5) is 11.3. The minimum absolute atomic E-state index is 0.183. The molecule has 1 N–H and O–H groups in total. The van der Waals surface area contributed by atoms with Crippen molar-refractivity contribution in [1.29, 1.82) is 0 Å². The lowest BCUT2D eigenvalue weighted by molar-refractivity contribution is -0.145. The summed E-state index contributed by atoms with van der Waals surface area (Å²) in [6.45, 7) is 2.70. The lowest BCUT2D eigenvalue weighted by Gasteiger charge is -2.37. The third-order valence-corrected chi connectivity index (χ3v) is 2.70. The molecule has 0 radical (unpaired) electrons. The molecule has 0 bridgehead atoms. The highest BCUT2D eigenvalue weighted by Gasteiger charge is 2.46. The van der Waals surface area contributed by atoms with Gasteiger partial charge in [-0.15, -0.1) is 0 Å². The second-order valence-corrected chi connectivity index (χ2v) is 3.61. The van der Waals surface area contributed by atoms with Crippen LogP contribution in [-0.2, 0) is 14.3 Å². The van der Waals surface area contributed by atoms with Crippen molar-refractivity contribution >= 4 is 5.97 Å². The number of rotatable bonds is 2. The molecule has 0 amide bonds. The maximum absolute atomic E-state index is 11.3. The Morgan fingerprint density at radius 3 is 2.92 bits per heavy atom. The average molecular weight is 185 g/mol. The van der Waals surface area contributed by atoms with Crippen molar-refractivity contribution in [2.75, 3.05) is 13.2 Å². The van der Waals surface area contributed by atoms with Crippen LogP contribution in [0.2, 0.25) is 0 Å². The zero-order valence-electron chi connectivity index (χ0n) is 7.84. The number of esters is 1. The molecule has 1 saturated heterocycles. The highest BCUT2D eigenvalue weighted by atomic mass is 16.6. The molecule has 4 nitrogen and oxygen atoms in total. The zero-order chi connectivity index (χ0) is 9.31. The first-order chi connectivity index (χ1) is 6.26. The van der Waals surface area contributed by atoms with Gasteiger partial charge in [0.1, 0.15) is 11.8 Å². The van der Waals surface area contributed by atoms with Gasteiger partial charge in [-0.3, -0.25) is 10.1 Å².